The second kappa shape index (κ2) is 8.30. The van der Waals surface area contributed by atoms with Gasteiger partial charge in [0.1, 0.15) is 6.61 Å². The SMILES string of the molecule is COCCCN(C)C(=O)c1ccccc1C#CCO. The molecule has 0 heterocycles. The molecule has 4 nitrogen and oxygen atoms in total. The molecule has 1 amide bonds. The van der Waals surface area contributed by atoms with E-state index in [-0.39, 0.29) is 12.5 Å². The number of aliphatic hydroxyl groups excluding tert-OH is 1. The van der Waals surface area contributed by atoms with Crippen molar-refractivity contribution in [2.75, 3.05) is 33.9 Å². The molecule has 0 saturated heterocycles. The van der Waals surface area contributed by atoms with Crippen LogP contribution < -0.4 is 0 Å². The first kappa shape index (κ1) is 15.2. The van der Waals surface area contributed by atoms with E-state index in [1.165, 1.54) is 0 Å². The van der Waals surface area contributed by atoms with Crippen LogP contribution in [0.1, 0.15) is 22.3 Å². The number of aliphatic hydroxyl groups is 1. The van der Waals surface area contributed by atoms with E-state index in [2.05, 4.69) is 11.8 Å². The second-order valence-corrected chi connectivity index (χ2v) is 4.08. The lowest BCUT2D eigenvalue weighted by Crippen LogP contribution is -2.29. The van der Waals surface area contributed by atoms with Gasteiger partial charge in [-0.15, -0.1) is 0 Å². The average Bonchev–Trinajstić information content (AvgIpc) is 2.44. The van der Waals surface area contributed by atoms with Crippen LogP contribution in [0.5, 0.6) is 0 Å². The minimum atomic E-state index is -0.216. The molecule has 1 aromatic rings. The van der Waals surface area contributed by atoms with Crippen molar-refractivity contribution in [3.63, 3.8) is 0 Å². The van der Waals surface area contributed by atoms with Gasteiger partial charge in [0.15, 0.2) is 0 Å². The molecule has 0 atom stereocenters. The van der Waals surface area contributed by atoms with Crippen molar-refractivity contribution in [1.29, 1.82) is 0 Å². The molecule has 0 bridgehead atoms. The first-order valence-electron chi connectivity index (χ1n) is 6.14. The zero-order valence-electron chi connectivity index (χ0n) is 11.3. The molecule has 0 unspecified atom stereocenters. The van der Waals surface area contributed by atoms with Gasteiger partial charge in [-0.2, -0.15) is 0 Å². The van der Waals surface area contributed by atoms with Gasteiger partial charge in [0, 0.05) is 32.9 Å². The van der Waals surface area contributed by atoms with Crippen molar-refractivity contribution in [3.8, 4) is 11.8 Å². The van der Waals surface area contributed by atoms with Crippen LogP contribution in [0, 0.1) is 11.8 Å². The lowest BCUT2D eigenvalue weighted by molar-refractivity contribution is 0.0779. The fourth-order valence-electron chi connectivity index (χ4n) is 1.67. The summed E-state index contributed by atoms with van der Waals surface area (Å²) >= 11 is 0. The van der Waals surface area contributed by atoms with Crippen molar-refractivity contribution in [2.24, 2.45) is 0 Å². The summed E-state index contributed by atoms with van der Waals surface area (Å²) in [6.45, 7) is 1.05. The molecule has 19 heavy (non-hydrogen) atoms. The molecular weight excluding hydrogens is 242 g/mol. The first-order chi connectivity index (χ1) is 9.20. The third-order valence-electron chi connectivity index (χ3n) is 2.65. The fraction of sp³-hybridized carbons (Fsp3) is 0.400. The average molecular weight is 261 g/mol. The molecule has 0 spiro atoms. The topological polar surface area (TPSA) is 49.8 Å². The summed E-state index contributed by atoms with van der Waals surface area (Å²) in [6, 6.07) is 7.15. The largest absolute Gasteiger partial charge is 0.385 e. The molecule has 0 aromatic heterocycles. The van der Waals surface area contributed by atoms with Crippen LogP contribution in [0.3, 0.4) is 0 Å². The highest BCUT2D eigenvalue weighted by atomic mass is 16.5. The van der Waals surface area contributed by atoms with E-state index >= 15 is 0 Å². The Hall–Kier alpha value is -1.83. The Labute approximate surface area is 114 Å². The van der Waals surface area contributed by atoms with Gasteiger partial charge < -0.3 is 14.7 Å². The van der Waals surface area contributed by atoms with Gasteiger partial charge in [0.2, 0.25) is 0 Å². The number of ether oxygens (including phenoxy) is 1. The number of methoxy groups -OCH3 is 1. The second-order valence-electron chi connectivity index (χ2n) is 4.08. The normalized spacial score (nSPS) is 9.63. The van der Waals surface area contributed by atoms with Crippen LogP contribution in [-0.2, 0) is 4.74 Å². The van der Waals surface area contributed by atoms with Crippen molar-refractivity contribution in [3.05, 3.63) is 35.4 Å². The summed E-state index contributed by atoms with van der Waals surface area (Å²) in [5.74, 6) is 5.29. The summed E-state index contributed by atoms with van der Waals surface area (Å²) in [7, 11) is 3.40. The van der Waals surface area contributed by atoms with E-state index in [9.17, 15) is 4.79 Å². The maximum Gasteiger partial charge on any atom is 0.254 e. The quantitative estimate of drug-likeness (QED) is 0.639. The van der Waals surface area contributed by atoms with E-state index in [4.69, 9.17) is 9.84 Å². The molecule has 4 heteroatoms. The molecule has 1 rings (SSSR count). The minimum Gasteiger partial charge on any atom is -0.385 e. The molecule has 0 radical (unpaired) electrons. The molecule has 1 aromatic carbocycles. The molecule has 102 valence electrons. The smallest absolute Gasteiger partial charge is 0.254 e. The van der Waals surface area contributed by atoms with Crippen molar-refractivity contribution in [2.45, 2.75) is 6.42 Å². The highest BCUT2D eigenvalue weighted by Crippen LogP contribution is 2.10. The molecule has 1 N–H and O–H groups in total. The predicted molar refractivity (Wildman–Crippen MR) is 73.9 cm³/mol. The van der Waals surface area contributed by atoms with E-state index in [0.717, 1.165) is 6.42 Å². The maximum absolute atomic E-state index is 12.3. The molecule has 0 aliphatic carbocycles. The molecule has 0 aliphatic rings. The Morgan fingerprint density at radius 2 is 2.16 bits per heavy atom. The van der Waals surface area contributed by atoms with Crippen molar-refractivity contribution < 1.29 is 14.6 Å². The van der Waals surface area contributed by atoms with Gasteiger partial charge in [-0.25, -0.2) is 0 Å². The number of hydrogen-bond donors (Lipinski definition) is 1. The molecular formula is C15H19NO3. The summed E-state index contributed by atoms with van der Waals surface area (Å²) < 4.78 is 4.97. The van der Waals surface area contributed by atoms with Crippen molar-refractivity contribution >= 4 is 5.91 Å². The summed E-state index contributed by atoms with van der Waals surface area (Å²) in [4.78, 5) is 13.9. The highest BCUT2D eigenvalue weighted by Gasteiger charge is 2.14. The minimum absolute atomic E-state index is 0.0704. The Morgan fingerprint density at radius 3 is 2.84 bits per heavy atom. The number of carbonyl (C=O) groups excluding carboxylic acids is 1. The van der Waals surface area contributed by atoms with Crippen molar-refractivity contribution in [1.82, 2.24) is 4.90 Å². The van der Waals surface area contributed by atoms with Crippen LogP contribution >= 0.6 is 0 Å². The molecule has 0 aliphatic heterocycles. The molecule has 0 saturated carbocycles. The van der Waals surface area contributed by atoms with Crippen LogP contribution in [0.2, 0.25) is 0 Å². The number of amides is 1. The van der Waals surface area contributed by atoms with Gasteiger partial charge in [-0.3, -0.25) is 4.79 Å². The molecule has 0 fully saturated rings. The third kappa shape index (κ3) is 4.74. The Morgan fingerprint density at radius 1 is 1.42 bits per heavy atom. The number of carbonyl (C=O) groups is 1. The Balaban J connectivity index is 2.81. The number of benzene rings is 1. The number of hydrogen-bond acceptors (Lipinski definition) is 3. The van der Waals surface area contributed by atoms with Gasteiger partial charge in [-0.1, -0.05) is 24.0 Å². The Bertz CT molecular complexity index is 474. The zero-order chi connectivity index (χ0) is 14.1. The zero-order valence-corrected chi connectivity index (χ0v) is 11.3. The first-order valence-corrected chi connectivity index (χ1v) is 6.14. The third-order valence-corrected chi connectivity index (χ3v) is 2.65. The lowest BCUT2D eigenvalue weighted by atomic mass is 10.1. The van der Waals surface area contributed by atoms with E-state index in [1.807, 2.05) is 6.07 Å². The van der Waals surface area contributed by atoms with Gasteiger partial charge in [0.25, 0.3) is 5.91 Å². The lowest BCUT2D eigenvalue weighted by Gasteiger charge is -2.17. The van der Waals surface area contributed by atoms with Crippen LogP contribution in [0.15, 0.2) is 24.3 Å². The van der Waals surface area contributed by atoms with Gasteiger partial charge >= 0.3 is 0 Å². The van der Waals surface area contributed by atoms with E-state index < -0.39 is 0 Å². The monoisotopic (exact) mass is 261 g/mol. The number of nitrogens with zero attached hydrogens (tertiary/aromatic N) is 1. The van der Waals surface area contributed by atoms with Crippen LogP contribution in [-0.4, -0.2) is 49.8 Å². The highest BCUT2D eigenvalue weighted by molar-refractivity contribution is 5.96. The van der Waals surface area contributed by atoms with Gasteiger partial charge in [0.05, 0.1) is 5.56 Å². The van der Waals surface area contributed by atoms with E-state index in [0.29, 0.717) is 24.3 Å². The van der Waals surface area contributed by atoms with Crippen LogP contribution in [0.25, 0.3) is 0 Å². The summed E-state index contributed by atoms with van der Waals surface area (Å²) in [6.07, 6.45) is 0.795. The predicted octanol–water partition coefficient (Wildman–Crippen LogP) is 1.14. The number of rotatable bonds is 5. The maximum atomic E-state index is 12.3. The summed E-state index contributed by atoms with van der Waals surface area (Å²) in [5, 5.41) is 8.73. The van der Waals surface area contributed by atoms with Gasteiger partial charge in [-0.05, 0) is 18.6 Å². The standard InChI is InChI=1S/C15H19NO3/c1-16(10-6-12-19-2)15(18)14-9-4-3-7-13(14)8-5-11-17/h3-4,7,9,17H,6,10-12H2,1-2H3. The Kier molecular flexibility index (Phi) is 6.65. The van der Waals surface area contributed by atoms with Crippen LogP contribution in [0.4, 0.5) is 0 Å². The van der Waals surface area contributed by atoms with E-state index in [1.54, 1.807) is 37.3 Å². The fourth-order valence-corrected chi connectivity index (χ4v) is 1.67. The summed E-state index contributed by atoms with van der Waals surface area (Å²) in [5.41, 5.74) is 1.20.